The zero-order chi connectivity index (χ0) is 16.4. The third-order valence-electron chi connectivity index (χ3n) is 4.50. The van der Waals surface area contributed by atoms with Gasteiger partial charge < -0.3 is 0 Å². The molecule has 5 nitrogen and oxygen atoms in total. The third-order valence-corrected chi connectivity index (χ3v) is 5.61. The SMILES string of the molecule is C[C@@H](c1cnccn1)N1CCc2ccc(S(C)(=O)=O)cc2CC1. The van der Waals surface area contributed by atoms with Gasteiger partial charge in [0.1, 0.15) is 0 Å². The van der Waals surface area contributed by atoms with Gasteiger partial charge in [0, 0.05) is 37.9 Å². The second-order valence-corrected chi connectivity index (χ2v) is 8.06. The van der Waals surface area contributed by atoms with Gasteiger partial charge in [-0.3, -0.25) is 14.9 Å². The van der Waals surface area contributed by atoms with Crippen LogP contribution in [-0.4, -0.2) is 42.6 Å². The summed E-state index contributed by atoms with van der Waals surface area (Å²) in [6, 6.07) is 5.71. The van der Waals surface area contributed by atoms with Crippen LogP contribution in [0.1, 0.15) is 29.8 Å². The van der Waals surface area contributed by atoms with Crippen LogP contribution in [0.25, 0.3) is 0 Å². The largest absolute Gasteiger partial charge is 0.294 e. The Morgan fingerprint density at radius 1 is 1.13 bits per heavy atom. The van der Waals surface area contributed by atoms with E-state index in [0.717, 1.165) is 37.2 Å². The average Bonchev–Trinajstić information content (AvgIpc) is 2.76. The molecule has 6 heteroatoms. The lowest BCUT2D eigenvalue weighted by Crippen LogP contribution is -2.30. The molecule has 0 bridgehead atoms. The number of nitrogens with zero attached hydrogens (tertiary/aromatic N) is 3. The van der Waals surface area contributed by atoms with Crippen molar-refractivity contribution in [3.8, 4) is 0 Å². The molecule has 0 aliphatic carbocycles. The van der Waals surface area contributed by atoms with E-state index in [1.807, 2.05) is 18.3 Å². The summed E-state index contributed by atoms with van der Waals surface area (Å²) in [5.41, 5.74) is 3.35. The van der Waals surface area contributed by atoms with Crippen LogP contribution in [0, 0.1) is 0 Å². The molecule has 1 atom stereocenters. The Labute approximate surface area is 137 Å². The van der Waals surface area contributed by atoms with Gasteiger partial charge in [0.15, 0.2) is 9.84 Å². The number of fused-ring (bicyclic) bond motifs is 1. The minimum atomic E-state index is -3.15. The van der Waals surface area contributed by atoms with Crippen molar-refractivity contribution < 1.29 is 8.42 Å². The maximum Gasteiger partial charge on any atom is 0.175 e. The van der Waals surface area contributed by atoms with Gasteiger partial charge in [-0.15, -0.1) is 0 Å². The highest BCUT2D eigenvalue weighted by Crippen LogP contribution is 2.24. The number of sulfone groups is 1. The van der Waals surface area contributed by atoms with E-state index in [4.69, 9.17) is 0 Å². The van der Waals surface area contributed by atoms with Gasteiger partial charge in [-0.2, -0.15) is 0 Å². The fourth-order valence-corrected chi connectivity index (χ4v) is 3.72. The van der Waals surface area contributed by atoms with Crippen molar-refractivity contribution in [2.45, 2.75) is 30.7 Å². The molecule has 23 heavy (non-hydrogen) atoms. The Morgan fingerprint density at radius 2 is 1.87 bits per heavy atom. The third kappa shape index (κ3) is 3.59. The molecule has 0 saturated heterocycles. The molecule has 0 spiro atoms. The normalized spacial score (nSPS) is 17.3. The van der Waals surface area contributed by atoms with E-state index in [-0.39, 0.29) is 6.04 Å². The molecular weight excluding hydrogens is 310 g/mol. The van der Waals surface area contributed by atoms with E-state index >= 15 is 0 Å². The Balaban J connectivity index is 1.80. The van der Waals surface area contributed by atoms with Crippen molar-refractivity contribution in [2.24, 2.45) is 0 Å². The summed E-state index contributed by atoms with van der Waals surface area (Å²) in [5.74, 6) is 0. The van der Waals surface area contributed by atoms with Gasteiger partial charge >= 0.3 is 0 Å². The summed E-state index contributed by atoms with van der Waals surface area (Å²) in [6.45, 7) is 3.96. The van der Waals surface area contributed by atoms with Gasteiger partial charge in [0.25, 0.3) is 0 Å². The van der Waals surface area contributed by atoms with Crippen LogP contribution in [0.2, 0.25) is 0 Å². The van der Waals surface area contributed by atoms with Crippen LogP contribution in [0.15, 0.2) is 41.7 Å². The molecule has 1 aliphatic rings. The van der Waals surface area contributed by atoms with E-state index in [0.29, 0.717) is 4.90 Å². The molecule has 0 radical (unpaired) electrons. The molecular formula is C17H21N3O2S. The van der Waals surface area contributed by atoms with Crippen LogP contribution in [0.4, 0.5) is 0 Å². The number of aromatic nitrogens is 2. The fraction of sp³-hybridized carbons (Fsp3) is 0.412. The second kappa shape index (κ2) is 6.37. The molecule has 2 aromatic rings. The average molecular weight is 331 g/mol. The summed E-state index contributed by atoms with van der Waals surface area (Å²) in [6.07, 6.45) is 8.24. The molecule has 1 aromatic heterocycles. The van der Waals surface area contributed by atoms with Crippen molar-refractivity contribution in [2.75, 3.05) is 19.3 Å². The summed E-state index contributed by atoms with van der Waals surface area (Å²) in [7, 11) is -3.15. The molecule has 0 amide bonds. The Bertz CT molecular complexity index is 791. The molecule has 1 aliphatic heterocycles. The minimum Gasteiger partial charge on any atom is -0.294 e. The van der Waals surface area contributed by atoms with E-state index in [1.165, 1.54) is 11.8 Å². The van der Waals surface area contributed by atoms with Crippen molar-refractivity contribution >= 4 is 9.84 Å². The first kappa shape index (κ1) is 16.1. The Morgan fingerprint density at radius 3 is 2.52 bits per heavy atom. The van der Waals surface area contributed by atoms with Crippen LogP contribution in [0.3, 0.4) is 0 Å². The predicted molar refractivity (Wildman–Crippen MR) is 89.0 cm³/mol. The standard InChI is InChI=1S/C17H21N3O2S/c1-13(17-12-18-7-8-19-17)20-9-5-14-3-4-16(23(2,21)22)11-15(14)6-10-20/h3-4,7-8,11-13H,5-6,9-10H2,1-2H3/t13-/m0/s1. The molecule has 122 valence electrons. The van der Waals surface area contributed by atoms with Crippen LogP contribution < -0.4 is 0 Å². The smallest absolute Gasteiger partial charge is 0.175 e. The Kier molecular flexibility index (Phi) is 4.46. The molecule has 3 rings (SSSR count). The van der Waals surface area contributed by atoms with Crippen LogP contribution in [-0.2, 0) is 22.7 Å². The lowest BCUT2D eigenvalue weighted by atomic mass is 10.0. The van der Waals surface area contributed by atoms with Gasteiger partial charge in [-0.25, -0.2) is 8.42 Å². The fourth-order valence-electron chi connectivity index (χ4n) is 3.05. The summed E-state index contributed by atoms with van der Waals surface area (Å²) >= 11 is 0. The number of benzene rings is 1. The number of hydrogen-bond acceptors (Lipinski definition) is 5. The van der Waals surface area contributed by atoms with Gasteiger partial charge in [-0.05, 0) is 43.0 Å². The number of rotatable bonds is 3. The molecule has 2 heterocycles. The molecule has 1 aromatic carbocycles. The topological polar surface area (TPSA) is 63.2 Å². The minimum absolute atomic E-state index is 0.201. The maximum absolute atomic E-state index is 11.7. The summed E-state index contributed by atoms with van der Waals surface area (Å²) < 4.78 is 23.5. The summed E-state index contributed by atoms with van der Waals surface area (Å²) in [5, 5.41) is 0. The van der Waals surface area contributed by atoms with Crippen LogP contribution >= 0.6 is 0 Å². The highest BCUT2D eigenvalue weighted by molar-refractivity contribution is 7.90. The second-order valence-electron chi connectivity index (χ2n) is 6.04. The molecule has 0 fully saturated rings. The van der Waals surface area contributed by atoms with Crippen molar-refractivity contribution in [3.05, 3.63) is 53.6 Å². The predicted octanol–water partition coefficient (Wildman–Crippen LogP) is 2.04. The lowest BCUT2D eigenvalue weighted by Gasteiger charge is -2.26. The van der Waals surface area contributed by atoms with Crippen molar-refractivity contribution in [3.63, 3.8) is 0 Å². The highest BCUT2D eigenvalue weighted by Gasteiger charge is 2.21. The van der Waals surface area contributed by atoms with E-state index < -0.39 is 9.84 Å². The van der Waals surface area contributed by atoms with Crippen molar-refractivity contribution in [1.29, 1.82) is 0 Å². The van der Waals surface area contributed by atoms with E-state index in [9.17, 15) is 8.42 Å². The molecule has 0 unspecified atom stereocenters. The monoisotopic (exact) mass is 331 g/mol. The first-order valence-corrected chi connectivity index (χ1v) is 9.66. The van der Waals surface area contributed by atoms with Gasteiger partial charge in [0.2, 0.25) is 0 Å². The number of hydrogen-bond donors (Lipinski definition) is 0. The molecule has 0 N–H and O–H groups in total. The van der Waals surface area contributed by atoms with Crippen molar-refractivity contribution in [1.82, 2.24) is 14.9 Å². The zero-order valence-electron chi connectivity index (χ0n) is 13.4. The zero-order valence-corrected chi connectivity index (χ0v) is 14.3. The maximum atomic E-state index is 11.7. The quantitative estimate of drug-likeness (QED) is 0.861. The highest BCUT2D eigenvalue weighted by atomic mass is 32.2. The van der Waals surface area contributed by atoms with E-state index in [2.05, 4.69) is 21.8 Å². The first-order valence-electron chi connectivity index (χ1n) is 7.77. The van der Waals surface area contributed by atoms with Gasteiger partial charge in [0.05, 0.1) is 16.6 Å². The first-order chi connectivity index (χ1) is 10.9. The Hall–Kier alpha value is -1.79. The van der Waals surface area contributed by atoms with Crippen LogP contribution in [0.5, 0.6) is 0 Å². The molecule has 0 saturated carbocycles. The lowest BCUT2D eigenvalue weighted by molar-refractivity contribution is 0.217. The van der Waals surface area contributed by atoms with Gasteiger partial charge in [-0.1, -0.05) is 6.07 Å². The summed E-state index contributed by atoms with van der Waals surface area (Å²) in [4.78, 5) is 11.3. The van der Waals surface area contributed by atoms with E-state index in [1.54, 1.807) is 18.5 Å².